The second-order valence-electron chi connectivity index (χ2n) is 3.69. The van der Waals surface area contributed by atoms with E-state index in [1.54, 1.807) is 18.5 Å². The van der Waals surface area contributed by atoms with E-state index in [1.165, 1.54) is 0 Å². The molecule has 94 valence electrons. The van der Waals surface area contributed by atoms with Crippen molar-refractivity contribution in [1.29, 1.82) is 0 Å². The van der Waals surface area contributed by atoms with Crippen molar-refractivity contribution in [3.8, 4) is 0 Å². The number of carbonyl (C=O) groups excluding carboxylic acids is 1. The molecule has 7 heteroatoms. The Kier molecular flexibility index (Phi) is 3.52. The quantitative estimate of drug-likeness (QED) is 0.706. The topological polar surface area (TPSA) is 104 Å². The Hall–Kier alpha value is -2.44. The van der Waals surface area contributed by atoms with Gasteiger partial charge in [0.05, 0.1) is 6.54 Å². The highest BCUT2D eigenvalue weighted by atomic mass is 16.2. The third-order valence-electron chi connectivity index (χ3n) is 2.50. The molecule has 0 saturated heterocycles. The van der Waals surface area contributed by atoms with Crippen LogP contribution in [-0.2, 0) is 13.0 Å². The third-order valence-corrected chi connectivity index (χ3v) is 2.50. The molecule has 0 aliphatic heterocycles. The molecule has 3 N–H and O–H groups in total. The van der Waals surface area contributed by atoms with Crippen molar-refractivity contribution in [3.63, 3.8) is 0 Å². The van der Waals surface area contributed by atoms with Gasteiger partial charge in [-0.05, 0) is 18.1 Å². The van der Waals surface area contributed by atoms with Gasteiger partial charge >= 0.3 is 5.69 Å². The monoisotopic (exact) mass is 247 g/mol. The lowest BCUT2D eigenvalue weighted by molar-refractivity contribution is 0.0949. The standard InChI is InChI=1S/C11H13N5O2/c1-2-7-5-12-4-3-8(7)10(17)13-6-9-14-11(18)16-15-9/h3-5H,2,6H2,1H3,(H,13,17)(H2,14,15,16,18). The van der Waals surface area contributed by atoms with Crippen molar-refractivity contribution in [2.45, 2.75) is 19.9 Å². The first-order valence-corrected chi connectivity index (χ1v) is 5.55. The largest absolute Gasteiger partial charge is 0.345 e. The first-order chi connectivity index (χ1) is 8.70. The molecule has 0 fully saturated rings. The highest BCUT2D eigenvalue weighted by Crippen LogP contribution is 2.07. The SMILES string of the molecule is CCc1cnccc1C(=O)NCc1n[nH]c(=O)[nH]1. The first-order valence-electron chi connectivity index (χ1n) is 5.55. The van der Waals surface area contributed by atoms with Gasteiger partial charge in [-0.25, -0.2) is 9.89 Å². The molecule has 18 heavy (non-hydrogen) atoms. The highest BCUT2D eigenvalue weighted by molar-refractivity contribution is 5.95. The van der Waals surface area contributed by atoms with Gasteiger partial charge in [0.1, 0.15) is 5.82 Å². The Morgan fingerprint density at radius 2 is 2.33 bits per heavy atom. The number of carbonyl (C=O) groups is 1. The molecule has 0 unspecified atom stereocenters. The Balaban J connectivity index is 2.05. The molecular formula is C11H13N5O2. The normalized spacial score (nSPS) is 10.3. The van der Waals surface area contributed by atoms with Gasteiger partial charge in [-0.3, -0.25) is 14.8 Å². The summed E-state index contributed by atoms with van der Waals surface area (Å²) in [4.78, 5) is 29.2. The fourth-order valence-corrected chi connectivity index (χ4v) is 1.58. The average molecular weight is 247 g/mol. The van der Waals surface area contributed by atoms with E-state index in [-0.39, 0.29) is 12.5 Å². The van der Waals surface area contributed by atoms with Crippen LogP contribution < -0.4 is 11.0 Å². The summed E-state index contributed by atoms with van der Waals surface area (Å²) >= 11 is 0. The minimum atomic E-state index is -0.391. The van der Waals surface area contributed by atoms with Gasteiger partial charge in [-0.2, -0.15) is 5.10 Å². The zero-order valence-electron chi connectivity index (χ0n) is 9.86. The molecule has 1 amide bonds. The fourth-order valence-electron chi connectivity index (χ4n) is 1.58. The Labute approximate surface area is 103 Å². The maximum absolute atomic E-state index is 11.9. The molecule has 2 heterocycles. The predicted molar refractivity (Wildman–Crippen MR) is 64.0 cm³/mol. The summed E-state index contributed by atoms with van der Waals surface area (Å²) in [6, 6.07) is 1.67. The molecule has 2 aromatic heterocycles. The van der Waals surface area contributed by atoms with E-state index in [4.69, 9.17) is 0 Å². The lowest BCUT2D eigenvalue weighted by Crippen LogP contribution is -2.24. The van der Waals surface area contributed by atoms with Crippen LogP contribution in [0.5, 0.6) is 0 Å². The van der Waals surface area contributed by atoms with Crippen LogP contribution in [0.4, 0.5) is 0 Å². The first kappa shape index (κ1) is 12.0. The van der Waals surface area contributed by atoms with Gasteiger partial charge in [-0.15, -0.1) is 0 Å². The van der Waals surface area contributed by atoms with Crippen LogP contribution in [0.2, 0.25) is 0 Å². The zero-order chi connectivity index (χ0) is 13.0. The molecule has 0 radical (unpaired) electrons. The minimum Gasteiger partial charge on any atom is -0.345 e. The van der Waals surface area contributed by atoms with Crippen LogP contribution in [0.1, 0.15) is 28.7 Å². The van der Waals surface area contributed by atoms with E-state index in [0.29, 0.717) is 11.4 Å². The van der Waals surface area contributed by atoms with Crippen LogP contribution in [0, 0.1) is 0 Å². The number of amides is 1. The fraction of sp³-hybridized carbons (Fsp3) is 0.273. The Bertz CT molecular complexity index is 601. The van der Waals surface area contributed by atoms with Crippen molar-refractivity contribution in [2.24, 2.45) is 0 Å². The molecule has 0 aliphatic rings. The number of pyridine rings is 1. The summed E-state index contributed by atoms with van der Waals surface area (Å²) in [6.07, 6.45) is 3.98. The zero-order valence-corrected chi connectivity index (χ0v) is 9.86. The lowest BCUT2D eigenvalue weighted by Gasteiger charge is -2.06. The van der Waals surface area contributed by atoms with Gasteiger partial charge < -0.3 is 5.32 Å². The number of nitrogens with zero attached hydrogens (tertiary/aromatic N) is 2. The molecule has 2 rings (SSSR count). The van der Waals surface area contributed by atoms with E-state index in [0.717, 1.165) is 12.0 Å². The summed E-state index contributed by atoms with van der Waals surface area (Å²) in [7, 11) is 0. The maximum Gasteiger partial charge on any atom is 0.340 e. The summed E-state index contributed by atoms with van der Waals surface area (Å²) in [5, 5.41) is 8.62. The Morgan fingerprint density at radius 3 is 3.00 bits per heavy atom. The minimum absolute atomic E-state index is 0.170. The summed E-state index contributed by atoms with van der Waals surface area (Å²) in [6.45, 7) is 2.13. The molecule has 0 saturated carbocycles. The number of H-pyrrole nitrogens is 2. The van der Waals surface area contributed by atoms with E-state index < -0.39 is 5.69 Å². The molecule has 0 atom stereocenters. The van der Waals surface area contributed by atoms with Crippen LogP contribution in [0.3, 0.4) is 0 Å². The molecule has 0 spiro atoms. The van der Waals surface area contributed by atoms with Crippen LogP contribution in [0.25, 0.3) is 0 Å². The third kappa shape index (κ3) is 2.62. The van der Waals surface area contributed by atoms with Crippen molar-refractivity contribution < 1.29 is 4.79 Å². The number of nitrogens with one attached hydrogen (secondary N) is 3. The van der Waals surface area contributed by atoms with Crippen molar-refractivity contribution in [2.75, 3.05) is 0 Å². The van der Waals surface area contributed by atoms with Gasteiger partial charge in [0, 0.05) is 18.0 Å². The number of aromatic amines is 2. The van der Waals surface area contributed by atoms with E-state index in [2.05, 4.69) is 25.5 Å². The number of aryl methyl sites for hydroxylation is 1. The van der Waals surface area contributed by atoms with Crippen LogP contribution in [0.15, 0.2) is 23.3 Å². The summed E-state index contributed by atoms with van der Waals surface area (Å²) < 4.78 is 0. The van der Waals surface area contributed by atoms with E-state index >= 15 is 0 Å². The number of hydrogen-bond acceptors (Lipinski definition) is 4. The van der Waals surface area contributed by atoms with Crippen molar-refractivity contribution in [1.82, 2.24) is 25.5 Å². The summed E-state index contributed by atoms with van der Waals surface area (Å²) in [5.41, 5.74) is 1.08. The smallest absolute Gasteiger partial charge is 0.340 e. The average Bonchev–Trinajstić information content (AvgIpc) is 2.81. The molecule has 7 nitrogen and oxygen atoms in total. The van der Waals surface area contributed by atoms with Crippen LogP contribution in [-0.4, -0.2) is 26.1 Å². The molecule has 0 bridgehead atoms. The van der Waals surface area contributed by atoms with E-state index in [1.807, 2.05) is 6.92 Å². The second-order valence-corrected chi connectivity index (χ2v) is 3.69. The van der Waals surface area contributed by atoms with Crippen molar-refractivity contribution in [3.05, 3.63) is 45.9 Å². The lowest BCUT2D eigenvalue weighted by atomic mass is 10.1. The van der Waals surface area contributed by atoms with Gasteiger partial charge in [-0.1, -0.05) is 6.92 Å². The molecule has 2 aromatic rings. The summed E-state index contributed by atoms with van der Waals surface area (Å²) in [5.74, 6) is 0.179. The van der Waals surface area contributed by atoms with Gasteiger partial charge in [0.2, 0.25) is 0 Å². The van der Waals surface area contributed by atoms with Crippen LogP contribution >= 0.6 is 0 Å². The Morgan fingerprint density at radius 1 is 1.50 bits per heavy atom. The number of hydrogen-bond donors (Lipinski definition) is 3. The van der Waals surface area contributed by atoms with Gasteiger partial charge in [0.15, 0.2) is 0 Å². The highest BCUT2D eigenvalue weighted by Gasteiger charge is 2.10. The molecular weight excluding hydrogens is 234 g/mol. The second kappa shape index (κ2) is 5.26. The number of rotatable bonds is 4. The van der Waals surface area contributed by atoms with E-state index in [9.17, 15) is 9.59 Å². The number of aromatic nitrogens is 4. The van der Waals surface area contributed by atoms with Gasteiger partial charge in [0.25, 0.3) is 5.91 Å². The molecule has 0 aliphatic carbocycles. The molecule has 0 aromatic carbocycles. The maximum atomic E-state index is 11.9. The van der Waals surface area contributed by atoms with Crippen molar-refractivity contribution >= 4 is 5.91 Å². The predicted octanol–water partition coefficient (Wildman–Crippen LogP) is -0.0146.